The third-order valence-corrected chi connectivity index (χ3v) is 4.19. The molecule has 0 fully saturated rings. The summed E-state index contributed by atoms with van der Waals surface area (Å²) in [7, 11) is 0. The van der Waals surface area contributed by atoms with E-state index in [1.165, 1.54) is 12.1 Å². The Kier molecular flexibility index (Phi) is 3.88. The van der Waals surface area contributed by atoms with Gasteiger partial charge in [-0.15, -0.1) is 0 Å². The molecule has 3 rings (SSSR count). The Hall–Kier alpha value is -1.92. The Labute approximate surface area is 142 Å². The maximum atomic E-state index is 12.7. The molecule has 22 heavy (non-hydrogen) atoms. The van der Waals surface area contributed by atoms with Crippen LogP contribution in [-0.4, -0.2) is 21.3 Å². The minimum atomic E-state index is -1.02. The predicted molar refractivity (Wildman–Crippen MR) is 89.6 cm³/mol. The molecule has 0 saturated carbocycles. The van der Waals surface area contributed by atoms with E-state index < -0.39 is 5.97 Å². The summed E-state index contributed by atoms with van der Waals surface area (Å²) in [5.74, 6) is -1.18. The van der Waals surface area contributed by atoms with Gasteiger partial charge in [0.15, 0.2) is 5.78 Å². The highest BCUT2D eigenvalue weighted by molar-refractivity contribution is 9.11. The van der Waals surface area contributed by atoms with Crippen LogP contribution >= 0.6 is 31.9 Å². The fourth-order valence-corrected chi connectivity index (χ4v) is 3.56. The molecule has 2 aromatic heterocycles. The molecule has 110 valence electrons. The predicted octanol–water partition coefficient (Wildman–Crippen LogP) is 4.39. The zero-order valence-corrected chi connectivity index (χ0v) is 14.3. The number of rotatable bonds is 3. The Morgan fingerprint density at radius 2 is 1.55 bits per heavy atom. The molecule has 0 bridgehead atoms. The van der Waals surface area contributed by atoms with Crippen molar-refractivity contribution in [2.45, 2.75) is 0 Å². The van der Waals surface area contributed by atoms with Crippen molar-refractivity contribution in [3.63, 3.8) is 0 Å². The van der Waals surface area contributed by atoms with Crippen molar-refractivity contribution in [1.29, 1.82) is 0 Å². The first-order valence-electron chi connectivity index (χ1n) is 6.30. The van der Waals surface area contributed by atoms with Crippen LogP contribution in [0.4, 0.5) is 0 Å². The van der Waals surface area contributed by atoms with Crippen LogP contribution in [0.25, 0.3) is 5.52 Å². The number of hydrogen-bond acceptors (Lipinski definition) is 2. The number of nitrogens with zero attached hydrogens (tertiary/aromatic N) is 1. The van der Waals surface area contributed by atoms with Crippen molar-refractivity contribution in [2.75, 3.05) is 0 Å². The van der Waals surface area contributed by atoms with Gasteiger partial charge in [0.2, 0.25) is 0 Å². The summed E-state index contributed by atoms with van der Waals surface area (Å²) in [6.07, 6.45) is 3.37. The van der Waals surface area contributed by atoms with E-state index in [0.29, 0.717) is 16.6 Å². The van der Waals surface area contributed by atoms with Crippen molar-refractivity contribution in [2.24, 2.45) is 0 Å². The van der Waals surface area contributed by atoms with Gasteiger partial charge in [0, 0.05) is 32.5 Å². The van der Waals surface area contributed by atoms with E-state index in [4.69, 9.17) is 5.11 Å². The van der Waals surface area contributed by atoms with Crippen LogP contribution in [0.2, 0.25) is 0 Å². The van der Waals surface area contributed by atoms with Gasteiger partial charge in [0.1, 0.15) is 0 Å². The van der Waals surface area contributed by atoms with Gasteiger partial charge >= 0.3 is 5.97 Å². The third-order valence-electron chi connectivity index (χ3n) is 3.28. The zero-order valence-electron chi connectivity index (χ0n) is 11.1. The molecule has 0 aliphatic carbocycles. The van der Waals surface area contributed by atoms with Gasteiger partial charge in [-0.1, -0.05) is 31.9 Å². The van der Waals surface area contributed by atoms with Crippen LogP contribution in [0.15, 0.2) is 57.7 Å². The molecular weight excluding hydrogens is 414 g/mol. The molecular formula is C16H9Br2NO3. The molecule has 2 heterocycles. The number of carbonyl (C=O) groups excluding carboxylic acids is 1. The number of ketones is 1. The first-order valence-corrected chi connectivity index (χ1v) is 7.89. The largest absolute Gasteiger partial charge is 0.478 e. The lowest BCUT2D eigenvalue weighted by Crippen LogP contribution is -2.03. The second-order valence-electron chi connectivity index (χ2n) is 4.73. The fraction of sp³-hybridized carbons (Fsp3) is 0. The second-order valence-corrected chi connectivity index (χ2v) is 6.56. The van der Waals surface area contributed by atoms with Gasteiger partial charge in [0.25, 0.3) is 0 Å². The van der Waals surface area contributed by atoms with Crippen molar-refractivity contribution in [1.82, 2.24) is 4.40 Å². The summed E-state index contributed by atoms with van der Waals surface area (Å²) in [5.41, 5.74) is 1.71. The maximum absolute atomic E-state index is 12.7. The third kappa shape index (κ3) is 2.71. The summed E-state index contributed by atoms with van der Waals surface area (Å²) < 4.78 is 3.31. The smallest absolute Gasteiger partial charge is 0.335 e. The quantitative estimate of drug-likeness (QED) is 0.636. The highest BCUT2D eigenvalue weighted by Gasteiger charge is 2.16. The van der Waals surface area contributed by atoms with E-state index in [9.17, 15) is 9.59 Å². The first kappa shape index (κ1) is 15.0. The van der Waals surface area contributed by atoms with E-state index in [1.807, 2.05) is 6.07 Å². The highest BCUT2D eigenvalue weighted by atomic mass is 79.9. The fourth-order valence-electron chi connectivity index (χ4n) is 2.26. The SMILES string of the molecule is O=C(O)c1ccn2ccc(C(=O)c3cc(Br)cc(Br)c3)c2c1. The number of carbonyl (C=O) groups is 2. The Balaban J connectivity index is 2.14. The summed E-state index contributed by atoms with van der Waals surface area (Å²) >= 11 is 6.72. The lowest BCUT2D eigenvalue weighted by Gasteiger charge is -2.04. The number of halogens is 2. The van der Waals surface area contributed by atoms with E-state index in [0.717, 1.165) is 8.95 Å². The van der Waals surface area contributed by atoms with Gasteiger partial charge in [-0.05, 0) is 36.4 Å². The van der Waals surface area contributed by atoms with Crippen LogP contribution in [0.5, 0.6) is 0 Å². The van der Waals surface area contributed by atoms with Crippen LogP contribution in [-0.2, 0) is 0 Å². The van der Waals surface area contributed by atoms with Crippen LogP contribution in [0.3, 0.4) is 0 Å². The monoisotopic (exact) mass is 421 g/mol. The van der Waals surface area contributed by atoms with Gasteiger partial charge < -0.3 is 9.51 Å². The zero-order chi connectivity index (χ0) is 15.9. The topological polar surface area (TPSA) is 58.8 Å². The van der Waals surface area contributed by atoms with Crippen molar-refractivity contribution < 1.29 is 14.7 Å². The molecule has 6 heteroatoms. The van der Waals surface area contributed by atoms with Crippen LogP contribution in [0, 0.1) is 0 Å². The summed E-state index contributed by atoms with van der Waals surface area (Å²) in [6, 6.07) is 10.0. The second kappa shape index (κ2) is 5.70. The van der Waals surface area contributed by atoms with Crippen LogP contribution < -0.4 is 0 Å². The molecule has 4 nitrogen and oxygen atoms in total. The van der Waals surface area contributed by atoms with E-state index >= 15 is 0 Å². The molecule has 0 radical (unpaired) electrons. The maximum Gasteiger partial charge on any atom is 0.335 e. The number of hydrogen-bond donors (Lipinski definition) is 1. The van der Waals surface area contributed by atoms with E-state index in [-0.39, 0.29) is 11.3 Å². The number of fused-ring (bicyclic) bond motifs is 1. The minimum Gasteiger partial charge on any atom is -0.478 e. The summed E-state index contributed by atoms with van der Waals surface area (Å²) in [6.45, 7) is 0. The number of aromatic carboxylic acids is 1. The lowest BCUT2D eigenvalue weighted by molar-refractivity contribution is 0.0696. The Morgan fingerprint density at radius 1 is 0.909 bits per heavy atom. The van der Waals surface area contributed by atoms with Gasteiger partial charge in [-0.25, -0.2) is 4.79 Å². The molecule has 0 amide bonds. The van der Waals surface area contributed by atoms with E-state index in [1.54, 1.807) is 35.0 Å². The first-order chi connectivity index (χ1) is 10.5. The van der Waals surface area contributed by atoms with Crippen LogP contribution in [0.1, 0.15) is 26.3 Å². The minimum absolute atomic E-state index is 0.149. The molecule has 0 saturated heterocycles. The highest BCUT2D eigenvalue weighted by Crippen LogP contribution is 2.24. The number of pyridine rings is 1. The average Bonchev–Trinajstić information content (AvgIpc) is 2.88. The number of aromatic nitrogens is 1. The van der Waals surface area contributed by atoms with Crippen molar-refractivity contribution in [3.8, 4) is 0 Å². The van der Waals surface area contributed by atoms with Gasteiger partial charge in [-0.2, -0.15) is 0 Å². The average molecular weight is 423 g/mol. The van der Waals surface area contributed by atoms with Gasteiger partial charge in [-0.3, -0.25) is 4.79 Å². The Morgan fingerprint density at radius 3 is 2.18 bits per heavy atom. The standard InChI is InChI=1S/C16H9Br2NO3/c17-11-5-10(6-12(18)8-11)15(20)13-2-4-19-3-1-9(16(21)22)7-14(13)19/h1-8H,(H,21,22). The number of carboxylic acid groups (broad SMARTS) is 1. The molecule has 0 atom stereocenters. The summed E-state index contributed by atoms with van der Waals surface area (Å²) in [4.78, 5) is 23.8. The molecule has 0 aliphatic rings. The van der Waals surface area contributed by atoms with Crippen molar-refractivity contribution in [3.05, 3.63) is 74.4 Å². The molecule has 0 spiro atoms. The number of carboxylic acids is 1. The van der Waals surface area contributed by atoms with E-state index in [2.05, 4.69) is 31.9 Å². The Bertz CT molecular complexity index is 895. The number of benzene rings is 1. The summed E-state index contributed by atoms with van der Waals surface area (Å²) in [5, 5.41) is 9.09. The normalized spacial score (nSPS) is 10.8. The molecule has 0 unspecified atom stereocenters. The molecule has 1 N–H and O–H groups in total. The molecule has 3 aromatic rings. The lowest BCUT2D eigenvalue weighted by atomic mass is 10.0. The van der Waals surface area contributed by atoms with Gasteiger partial charge in [0.05, 0.1) is 11.1 Å². The van der Waals surface area contributed by atoms with Crippen molar-refractivity contribution >= 4 is 49.1 Å². The molecule has 0 aliphatic heterocycles. The molecule has 1 aromatic carbocycles.